The number of nitrogens with zero attached hydrogens (tertiary/aromatic N) is 1. The molecule has 0 atom stereocenters. The van der Waals surface area contributed by atoms with Crippen LogP contribution in [0.25, 0.3) is 10.8 Å². The Morgan fingerprint density at radius 3 is 2.79 bits per heavy atom. The molecule has 0 radical (unpaired) electrons. The van der Waals surface area contributed by atoms with Gasteiger partial charge in [-0.15, -0.1) is 11.6 Å². The molecule has 0 spiro atoms. The van der Waals surface area contributed by atoms with Gasteiger partial charge in [-0.3, -0.25) is 0 Å². The molecular formula is C11H10ClNO. The molecule has 2 nitrogen and oxygen atoms in total. The van der Waals surface area contributed by atoms with E-state index in [0.717, 1.165) is 15.5 Å². The summed E-state index contributed by atoms with van der Waals surface area (Å²) in [5, 5.41) is 13.6. The van der Waals surface area contributed by atoms with Crippen molar-refractivity contribution in [2.75, 3.05) is 0 Å². The molecule has 0 amide bonds. The summed E-state index contributed by atoms with van der Waals surface area (Å²) in [4.78, 5) is 0. The van der Waals surface area contributed by atoms with Crippen LogP contribution in [0, 0.1) is 12.1 Å². The van der Waals surface area contributed by atoms with Crippen molar-refractivity contribution in [2.45, 2.75) is 12.8 Å². The van der Waals surface area contributed by atoms with Crippen molar-refractivity contribution >= 4 is 22.4 Å². The van der Waals surface area contributed by atoms with E-state index < -0.39 is 0 Å². The Hall–Kier alpha value is -1.28. The van der Waals surface area contributed by atoms with Crippen LogP contribution in [0.15, 0.2) is 30.3 Å². The lowest BCUT2D eigenvalue weighted by Crippen LogP contribution is -2.34. The van der Waals surface area contributed by atoms with Crippen LogP contribution in [-0.4, -0.2) is 0 Å². The van der Waals surface area contributed by atoms with Gasteiger partial charge in [-0.25, -0.2) is 0 Å². The van der Waals surface area contributed by atoms with Crippen molar-refractivity contribution in [2.24, 2.45) is 0 Å². The highest BCUT2D eigenvalue weighted by molar-refractivity contribution is 6.17. The van der Waals surface area contributed by atoms with E-state index in [1.807, 2.05) is 30.3 Å². The van der Waals surface area contributed by atoms with Crippen molar-refractivity contribution in [3.8, 4) is 0 Å². The smallest absolute Gasteiger partial charge is 0.215 e. The second kappa shape index (κ2) is 3.46. The van der Waals surface area contributed by atoms with Crippen LogP contribution in [0.3, 0.4) is 0 Å². The van der Waals surface area contributed by atoms with Gasteiger partial charge in [-0.1, -0.05) is 18.2 Å². The second-order valence-corrected chi connectivity index (χ2v) is 3.51. The van der Waals surface area contributed by atoms with E-state index in [1.54, 1.807) is 6.92 Å². The summed E-state index contributed by atoms with van der Waals surface area (Å²) in [5.41, 5.74) is 1.31. The Morgan fingerprint density at radius 2 is 2.07 bits per heavy atom. The van der Waals surface area contributed by atoms with E-state index in [2.05, 4.69) is 0 Å². The molecule has 0 aliphatic carbocycles. The molecule has 3 heteroatoms. The minimum absolute atomic E-state index is 0.242. The zero-order chi connectivity index (χ0) is 10.1. The largest absolute Gasteiger partial charge is 0.618 e. The van der Waals surface area contributed by atoms with Crippen molar-refractivity contribution in [3.63, 3.8) is 0 Å². The number of benzene rings is 1. The molecule has 14 heavy (non-hydrogen) atoms. The van der Waals surface area contributed by atoms with Crippen molar-refractivity contribution in [3.05, 3.63) is 46.9 Å². The SMILES string of the molecule is Cc1cc2ccccc2c(CCl)[n+]1[O-]. The van der Waals surface area contributed by atoms with E-state index in [0.29, 0.717) is 11.4 Å². The number of fused-ring (bicyclic) bond motifs is 1. The fraction of sp³-hybridized carbons (Fsp3) is 0.182. The predicted octanol–water partition coefficient (Wildman–Crippen LogP) is 2.52. The van der Waals surface area contributed by atoms with E-state index in [-0.39, 0.29) is 5.88 Å². The van der Waals surface area contributed by atoms with Crippen LogP contribution in [0.1, 0.15) is 11.4 Å². The summed E-state index contributed by atoms with van der Waals surface area (Å²) in [6.45, 7) is 1.79. The molecule has 1 heterocycles. The first-order chi connectivity index (χ1) is 6.74. The Labute approximate surface area is 87.3 Å². The third-order valence-corrected chi connectivity index (χ3v) is 2.58. The number of hydrogen-bond acceptors (Lipinski definition) is 1. The number of aromatic nitrogens is 1. The lowest BCUT2D eigenvalue weighted by molar-refractivity contribution is -0.618. The summed E-state index contributed by atoms with van der Waals surface area (Å²) in [7, 11) is 0. The zero-order valence-electron chi connectivity index (χ0n) is 7.83. The average Bonchev–Trinajstić information content (AvgIpc) is 2.20. The molecule has 0 saturated carbocycles. The van der Waals surface area contributed by atoms with Crippen LogP contribution in [0.5, 0.6) is 0 Å². The summed E-state index contributed by atoms with van der Waals surface area (Å²) >= 11 is 5.76. The molecule has 1 aromatic heterocycles. The summed E-state index contributed by atoms with van der Waals surface area (Å²) < 4.78 is 0.898. The molecular weight excluding hydrogens is 198 g/mol. The van der Waals surface area contributed by atoms with Gasteiger partial charge in [-0.05, 0) is 11.5 Å². The van der Waals surface area contributed by atoms with E-state index in [9.17, 15) is 5.21 Å². The first kappa shape index (κ1) is 9.28. The Morgan fingerprint density at radius 1 is 1.36 bits per heavy atom. The molecule has 0 unspecified atom stereocenters. The summed E-state index contributed by atoms with van der Waals surface area (Å²) in [6.07, 6.45) is 0. The highest BCUT2D eigenvalue weighted by Crippen LogP contribution is 2.18. The van der Waals surface area contributed by atoms with E-state index >= 15 is 0 Å². The first-order valence-corrected chi connectivity index (χ1v) is 4.94. The Bertz CT molecular complexity index is 482. The van der Waals surface area contributed by atoms with Crippen molar-refractivity contribution in [1.29, 1.82) is 0 Å². The maximum atomic E-state index is 11.6. The second-order valence-electron chi connectivity index (χ2n) is 3.25. The molecule has 1 aromatic carbocycles. The highest BCUT2D eigenvalue weighted by atomic mass is 35.5. The fourth-order valence-corrected chi connectivity index (χ4v) is 1.87. The lowest BCUT2D eigenvalue weighted by atomic mass is 10.1. The highest BCUT2D eigenvalue weighted by Gasteiger charge is 2.12. The molecule has 2 rings (SSSR count). The fourth-order valence-electron chi connectivity index (χ4n) is 1.62. The van der Waals surface area contributed by atoms with Gasteiger partial charge in [0.1, 0.15) is 5.88 Å². The molecule has 2 aromatic rings. The third-order valence-electron chi connectivity index (χ3n) is 2.33. The van der Waals surface area contributed by atoms with Gasteiger partial charge in [-0.2, -0.15) is 4.73 Å². The molecule has 0 saturated heterocycles. The van der Waals surface area contributed by atoms with Crippen LogP contribution in [-0.2, 0) is 5.88 Å². The van der Waals surface area contributed by atoms with Gasteiger partial charge < -0.3 is 5.21 Å². The third kappa shape index (κ3) is 1.32. The Balaban J connectivity index is 2.89. The quantitative estimate of drug-likeness (QED) is 0.401. The monoisotopic (exact) mass is 207 g/mol. The topological polar surface area (TPSA) is 26.9 Å². The van der Waals surface area contributed by atoms with Gasteiger partial charge in [0, 0.05) is 13.0 Å². The minimum atomic E-state index is 0.242. The van der Waals surface area contributed by atoms with E-state index in [4.69, 9.17) is 11.6 Å². The molecule has 0 bridgehead atoms. The number of hydrogen-bond donors (Lipinski definition) is 0. The zero-order valence-corrected chi connectivity index (χ0v) is 8.58. The van der Waals surface area contributed by atoms with E-state index in [1.165, 1.54) is 0 Å². The molecule has 0 N–H and O–H groups in total. The van der Waals surface area contributed by atoms with Crippen LogP contribution in [0.2, 0.25) is 0 Å². The van der Waals surface area contributed by atoms with Crippen LogP contribution in [0.4, 0.5) is 0 Å². The Kier molecular flexibility index (Phi) is 2.30. The summed E-state index contributed by atoms with van der Waals surface area (Å²) in [5.74, 6) is 0.242. The molecule has 0 aliphatic heterocycles. The predicted molar refractivity (Wildman–Crippen MR) is 57.2 cm³/mol. The molecule has 72 valence electrons. The number of pyridine rings is 1. The maximum Gasteiger partial charge on any atom is 0.215 e. The lowest BCUT2D eigenvalue weighted by Gasteiger charge is -2.08. The van der Waals surface area contributed by atoms with Gasteiger partial charge >= 0.3 is 0 Å². The summed E-state index contributed by atoms with van der Waals surface area (Å²) in [6, 6.07) is 9.64. The van der Waals surface area contributed by atoms with Gasteiger partial charge in [0.15, 0.2) is 5.69 Å². The number of alkyl halides is 1. The minimum Gasteiger partial charge on any atom is -0.618 e. The van der Waals surface area contributed by atoms with Gasteiger partial charge in [0.2, 0.25) is 5.69 Å². The number of aryl methyl sites for hydroxylation is 1. The van der Waals surface area contributed by atoms with Crippen molar-refractivity contribution < 1.29 is 4.73 Å². The van der Waals surface area contributed by atoms with Crippen LogP contribution < -0.4 is 4.73 Å². The number of halogens is 1. The van der Waals surface area contributed by atoms with Crippen molar-refractivity contribution in [1.82, 2.24) is 0 Å². The van der Waals surface area contributed by atoms with Crippen LogP contribution >= 0.6 is 11.6 Å². The average molecular weight is 208 g/mol. The van der Waals surface area contributed by atoms with Gasteiger partial charge in [0.25, 0.3) is 0 Å². The molecule has 0 aliphatic rings. The molecule has 0 fully saturated rings. The first-order valence-electron chi connectivity index (χ1n) is 4.41. The number of rotatable bonds is 1. The maximum absolute atomic E-state index is 11.6. The normalized spacial score (nSPS) is 10.7. The van der Waals surface area contributed by atoms with Gasteiger partial charge in [0.05, 0.1) is 5.39 Å². The standard InChI is InChI=1S/C11H10ClNO/c1-8-6-9-4-2-3-5-10(9)11(7-12)13(8)14/h2-6H,7H2,1H3.